The van der Waals surface area contributed by atoms with Crippen molar-refractivity contribution in [3.63, 3.8) is 0 Å². The first-order valence-electron chi connectivity index (χ1n) is 7.56. The van der Waals surface area contributed by atoms with Crippen molar-refractivity contribution >= 4 is 16.7 Å². The standard InChI is InChI=1S/C17H25OS/c1-3-5-11-19(12-6-4-2)16-13-14-9-7-8-10-15(14)17(16)18/h7-10,16H,3-6,11-13H2,1-2H3/q+1. The minimum absolute atomic E-state index is 0.287. The molecule has 1 aliphatic carbocycles. The Kier molecular flexibility index (Phi) is 5.50. The molecule has 2 heteroatoms. The lowest BCUT2D eigenvalue weighted by Gasteiger charge is -2.13. The van der Waals surface area contributed by atoms with E-state index in [0.29, 0.717) is 16.7 Å². The van der Waals surface area contributed by atoms with Crippen LogP contribution in [-0.2, 0) is 17.3 Å². The van der Waals surface area contributed by atoms with Crippen LogP contribution in [0.15, 0.2) is 24.3 Å². The van der Waals surface area contributed by atoms with Gasteiger partial charge in [0.25, 0.3) is 0 Å². The van der Waals surface area contributed by atoms with E-state index in [1.54, 1.807) is 0 Å². The highest BCUT2D eigenvalue weighted by Crippen LogP contribution is 2.29. The van der Waals surface area contributed by atoms with Gasteiger partial charge in [0.2, 0.25) is 5.78 Å². The van der Waals surface area contributed by atoms with Gasteiger partial charge in [0.15, 0.2) is 5.25 Å². The van der Waals surface area contributed by atoms with Crippen LogP contribution in [0, 0.1) is 0 Å². The molecule has 0 spiro atoms. The molecule has 1 aromatic carbocycles. The Balaban J connectivity index is 2.08. The lowest BCUT2D eigenvalue weighted by molar-refractivity contribution is 0.0999. The van der Waals surface area contributed by atoms with Crippen LogP contribution in [0.2, 0.25) is 0 Å². The third-order valence-corrected chi connectivity index (χ3v) is 6.71. The Morgan fingerprint density at radius 2 is 1.74 bits per heavy atom. The van der Waals surface area contributed by atoms with Gasteiger partial charge in [0.1, 0.15) is 11.5 Å². The largest absolute Gasteiger partial charge is 0.288 e. The quantitative estimate of drug-likeness (QED) is 0.688. The maximum absolute atomic E-state index is 12.6. The highest BCUT2D eigenvalue weighted by molar-refractivity contribution is 7.98. The zero-order chi connectivity index (χ0) is 13.7. The molecule has 0 radical (unpaired) electrons. The average Bonchev–Trinajstić information content (AvgIpc) is 2.77. The van der Waals surface area contributed by atoms with E-state index in [2.05, 4.69) is 26.0 Å². The summed E-state index contributed by atoms with van der Waals surface area (Å²) < 4.78 is 0. The van der Waals surface area contributed by atoms with Gasteiger partial charge in [-0.1, -0.05) is 51.0 Å². The fourth-order valence-electron chi connectivity index (χ4n) is 2.72. The Labute approximate surface area is 120 Å². The molecule has 2 rings (SSSR count). The lowest BCUT2D eigenvalue weighted by Crippen LogP contribution is -2.32. The normalized spacial score (nSPS) is 18.1. The summed E-state index contributed by atoms with van der Waals surface area (Å²) in [5, 5.41) is 0.287. The first-order valence-corrected chi connectivity index (χ1v) is 9.19. The van der Waals surface area contributed by atoms with E-state index in [0.717, 1.165) is 12.0 Å². The van der Waals surface area contributed by atoms with E-state index in [1.807, 2.05) is 12.1 Å². The molecule has 0 aliphatic heterocycles. The molecule has 19 heavy (non-hydrogen) atoms. The summed E-state index contributed by atoms with van der Waals surface area (Å²) in [5.41, 5.74) is 2.28. The summed E-state index contributed by atoms with van der Waals surface area (Å²) in [6.07, 6.45) is 6.01. The predicted molar refractivity (Wildman–Crippen MR) is 85.2 cm³/mol. The van der Waals surface area contributed by atoms with Gasteiger partial charge in [-0.05, 0) is 29.3 Å². The first kappa shape index (κ1) is 14.6. The summed E-state index contributed by atoms with van der Waals surface area (Å²) in [5.74, 6) is 2.92. The number of hydrogen-bond donors (Lipinski definition) is 0. The molecule has 0 heterocycles. The molecule has 0 amide bonds. The maximum atomic E-state index is 12.6. The monoisotopic (exact) mass is 277 g/mol. The fraction of sp³-hybridized carbons (Fsp3) is 0.588. The van der Waals surface area contributed by atoms with E-state index in [9.17, 15) is 4.79 Å². The minimum atomic E-state index is 0.287. The zero-order valence-electron chi connectivity index (χ0n) is 12.2. The lowest BCUT2D eigenvalue weighted by atomic mass is 10.1. The van der Waals surface area contributed by atoms with Gasteiger partial charge in [-0.25, -0.2) is 0 Å². The van der Waals surface area contributed by atoms with Gasteiger partial charge in [0.05, 0.1) is 0 Å². The molecule has 0 saturated heterocycles. The molecule has 0 bridgehead atoms. The molecule has 1 nitrogen and oxygen atoms in total. The third-order valence-electron chi connectivity index (χ3n) is 3.90. The van der Waals surface area contributed by atoms with E-state index < -0.39 is 0 Å². The van der Waals surface area contributed by atoms with E-state index in [4.69, 9.17) is 0 Å². The van der Waals surface area contributed by atoms with Gasteiger partial charge in [-0.15, -0.1) is 0 Å². The van der Waals surface area contributed by atoms with Crippen molar-refractivity contribution in [3.05, 3.63) is 35.4 Å². The van der Waals surface area contributed by atoms with Crippen LogP contribution in [0.4, 0.5) is 0 Å². The van der Waals surface area contributed by atoms with Crippen molar-refractivity contribution in [3.8, 4) is 0 Å². The van der Waals surface area contributed by atoms with E-state index in [-0.39, 0.29) is 5.25 Å². The molecule has 1 aliphatic rings. The van der Waals surface area contributed by atoms with Gasteiger partial charge in [-0.2, -0.15) is 0 Å². The number of benzene rings is 1. The second kappa shape index (κ2) is 7.14. The molecule has 0 fully saturated rings. The highest BCUT2D eigenvalue weighted by atomic mass is 32.2. The summed E-state index contributed by atoms with van der Waals surface area (Å²) in [4.78, 5) is 12.6. The van der Waals surface area contributed by atoms with Crippen LogP contribution in [0.25, 0.3) is 0 Å². The number of carbonyl (C=O) groups is 1. The summed E-state index contributed by atoms with van der Waals surface area (Å²) >= 11 is 0. The molecule has 104 valence electrons. The van der Waals surface area contributed by atoms with Crippen LogP contribution < -0.4 is 0 Å². The van der Waals surface area contributed by atoms with Crippen LogP contribution in [0.1, 0.15) is 55.5 Å². The van der Waals surface area contributed by atoms with Crippen LogP contribution >= 0.6 is 0 Å². The Morgan fingerprint density at radius 3 is 2.32 bits per heavy atom. The van der Waals surface area contributed by atoms with Gasteiger partial charge >= 0.3 is 0 Å². The molecule has 1 atom stereocenters. The number of fused-ring (bicyclic) bond motifs is 1. The Hall–Kier alpha value is -0.760. The van der Waals surface area contributed by atoms with Crippen LogP contribution in [0.3, 0.4) is 0 Å². The second-order valence-electron chi connectivity index (χ2n) is 5.37. The third kappa shape index (κ3) is 3.42. The van der Waals surface area contributed by atoms with Gasteiger partial charge in [0, 0.05) is 12.0 Å². The topological polar surface area (TPSA) is 17.1 Å². The van der Waals surface area contributed by atoms with Crippen molar-refractivity contribution in [1.29, 1.82) is 0 Å². The fourth-order valence-corrected chi connectivity index (χ4v) is 5.66. The maximum Gasteiger partial charge on any atom is 0.215 e. The van der Waals surface area contributed by atoms with Gasteiger partial charge in [-0.3, -0.25) is 4.79 Å². The van der Waals surface area contributed by atoms with Crippen molar-refractivity contribution in [2.45, 2.75) is 51.2 Å². The van der Waals surface area contributed by atoms with E-state index in [1.165, 1.54) is 42.8 Å². The van der Waals surface area contributed by atoms with Crippen molar-refractivity contribution in [2.24, 2.45) is 0 Å². The number of ketones is 1. The molecule has 1 unspecified atom stereocenters. The Morgan fingerprint density at radius 1 is 1.11 bits per heavy atom. The van der Waals surface area contributed by atoms with Gasteiger partial charge < -0.3 is 0 Å². The minimum Gasteiger partial charge on any atom is -0.288 e. The highest BCUT2D eigenvalue weighted by Gasteiger charge is 2.42. The number of Topliss-reactive ketones (excluding diaryl/α,β-unsaturated/α-hetero) is 1. The molecular formula is C17H25OS+. The Bertz CT molecular complexity index is 419. The predicted octanol–water partition coefficient (Wildman–Crippen LogP) is 4.01. The number of rotatable bonds is 7. The molecule has 0 N–H and O–H groups in total. The van der Waals surface area contributed by atoms with Crippen LogP contribution in [0.5, 0.6) is 0 Å². The first-order chi connectivity index (χ1) is 9.27. The smallest absolute Gasteiger partial charge is 0.215 e. The molecular weight excluding hydrogens is 252 g/mol. The summed E-state index contributed by atoms with van der Waals surface area (Å²) in [6, 6.07) is 8.20. The number of unbranched alkanes of at least 4 members (excludes halogenated alkanes) is 2. The number of hydrogen-bond acceptors (Lipinski definition) is 1. The van der Waals surface area contributed by atoms with E-state index >= 15 is 0 Å². The van der Waals surface area contributed by atoms with Crippen LogP contribution in [-0.4, -0.2) is 22.5 Å². The van der Waals surface area contributed by atoms with Crippen molar-refractivity contribution < 1.29 is 4.79 Å². The molecule has 1 aromatic rings. The zero-order valence-corrected chi connectivity index (χ0v) is 13.0. The second-order valence-corrected chi connectivity index (χ2v) is 7.83. The summed E-state index contributed by atoms with van der Waals surface area (Å²) in [6.45, 7) is 4.49. The molecule has 0 saturated carbocycles. The summed E-state index contributed by atoms with van der Waals surface area (Å²) in [7, 11) is 0.295. The SMILES string of the molecule is CCCC[S+](CCCC)C1Cc2ccccc2C1=O. The molecule has 0 aromatic heterocycles. The van der Waals surface area contributed by atoms with Crippen molar-refractivity contribution in [1.82, 2.24) is 0 Å². The number of carbonyl (C=O) groups excluding carboxylic acids is 1. The average molecular weight is 277 g/mol. The van der Waals surface area contributed by atoms with Crippen molar-refractivity contribution in [2.75, 3.05) is 11.5 Å².